The summed E-state index contributed by atoms with van der Waals surface area (Å²) in [6.45, 7) is 2.43. The van der Waals surface area contributed by atoms with E-state index in [-0.39, 0.29) is 5.91 Å². The summed E-state index contributed by atoms with van der Waals surface area (Å²) in [5, 5.41) is 7.52. The summed E-state index contributed by atoms with van der Waals surface area (Å²) in [4.78, 5) is 12.1. The Labute approximate surface area is 120 Å². The lowest BCUT2D eigenvalue weighted by atomic mass is 10.3. The Hall–Kier alpha value is -1.72. The van der Waals surface area contributed by atoms with Crippen LogP contribution in [0.2, 0.25) is 10.0 Å². The number of benzene rings is 1. The highest BCUT2D eigenvalue weighted by Crippen LogP contribution is 2.25. The van der Waals surface area contributed by atoms with Gasteiger partial charge in [-0.15, -0.1) is 0 Å². The number of anilines is 2. The molecule has 0 saturated carbocycles. The van der Waals surface area contributed by atoms with Crippen molar-refractivity contribution in [3.63, 3.8) is 0 Å². The highest BCUT2D eigenvalue weighted by Gasteiger charge is 2.16. The Kier molecular flexibility index (Phi) is 3.97. The minimum Gasteiger partial charge on any atom is -0.396 e. The fourth-order valence-corrected chi connectivity index (χ4v) is 1.95. The number of hydrogen-bond acceptors (Lipinski definition) is 3. The van der Waals surface area contributed by atoms with E-state index in [1.165, 1.54) is 10.9 Å². The van der Waals surface area contributed by atoms with Crippen LogP contribution in [0.1, 0.15) is 17.4 Å². The molecule has 0 radical (unpaired) electrons. The molecule has 2 aromatic rings. The molecule has 0 spiro atoms. The van der Waals surface area contributed by atoms with E-state index >= 15 is 0 Å². The maximum absolute atomic E-state index is 12.1. The molecule has 1 aromatic carbocycles. The second-order valence-electron chi connectivity index (χ2n) is 3.85. The predicted octanol–water partition coefficient (Wildman–Crippen LogP) is 3.04. The first-order valence-corrected chi connectivity index (χ1v) is 6.36. The molecule has 5 nitrogen and oxygen atoms in total. The summed E-state index contributed by atoms with van der Waals surface area (Å²) in [7, 11) is 0. The van der Waals surface area contributed by atoms with Crippen molar-refractivity contribution < 1.29 is 4.79 Å². The minimum atomic E-state index is -0.338. The van der Waals surface area contributed by atoms with Gasteiger partial charge < -0.3 is 11.1 Å². The van der Waals surface area contributed by atoms with Gasteiger partial charge in [0.05, 0.1) is 21.9 Å². The maximum Gasteiger partial charge on any atom is 0.276 e. The molecule has 1 aromatic heterocycles. The third-order valence-corrected chi connectivity index (χ3v) is 3.30. The quantitative estimate of drug-likeness (QED) is 0.915. The van der Waals surface area contributed by atoms with E-state index in [0.29, 0.717) is 33.7 Å². The van der Waals surface area contributed by atoms with Gasteiger partial charge >= 0.3 is 0 Å². The average molecular weight is 299 g/mol. The summed E-state index contributed by atoms with van der Waals surface area (Å²) < 4.78 is 1.53. The lowest BCUT2D eigenvalue weighted by molar-refractivity contribution is 0.101. The molecule has 0 fully saturated rings. The van der Waals surface area contributed by atoms with Gasteiger partial charge in [-0.25, -0.2) is 0 Å². The van der Waals surface area contributed by atoms with Crippen molar-refractivity contribution in [1.29, 1.82) is 0 Å². The number of carbonyl (C=O) groups excluding carboxylic acids is 1. The van der Waals surface area contributed by atoms with E-state index in [1.54, 1.807) is 18.2 Å². The van der Waals surface area contributed by atoms with Crippen molar-refractivity contribution in [1.82, 2.24) is 9.78 Å². The van der Waals surface area contributed by atoms with Gasteiger partial charge in [0.25, 0.3) is 5.91 Å². The van der Waals surface area contributed by atoms with Crippen LogP contribution in [-0.2, 0) is 6.54 Å². The Bertz CT molecular complexity index is 624. The number of hydrogen-bond donors (Lipinski definition) is 2. The molecule has 1 amide bonds. The number of halogens is 2. The number of amides is 1. The summed E-state index contributed by atoms with van der Waals surface area (Å²) in [6.07, 6.45) is 1.45. The number of aromatic nitrogens is 2. The first-order valence-electron chi connectivity index (χ1n) is 5.60. The van der Waals surface area contributed by atoms with Gasteiger partial charge in [0.15, 0.2) is 0 Å². The molecular weight excluding hydrogens is 287 g/mol. The van der Waals surface area contributed by atoms with Crippen LogP contribution < -0.4 is 11.1 Å². The van der Waals surface area contributed by atoms with E-state index in [4.69, 9.17) is 28.9 Å². The van der Waals surface area contributed by atoms with Crippen LogP contribution in [0.4, 0.5) is 11.4 Å². The Morgan fingerprint density at radius 2 is 2.16 bits per heavy atom. The Morgan fingerprint density at radius 1 is 1.42 bits per heavy atom. The zero-order valence-corrected chi connectivity index (χ0v) is 11.7. The zero-order chi connectivity index (χ0) is 14.0. The van der Waals surface area contributed by atoms with Crippen molar-refractivity contribution in [3.05, 3.63) is 40.1 Å². The van der Waals surface area contributed by atoms with Crippen LogP contribution in [-0.4, -0.2) is 15.7 Å². The normalized spacial score (nSPS) is 10.5. The number of nitrogens with zero attached hydrogens (tertiary/aromatic N) is 2. The third-order valence-electron chi connectivity index (χ3n) is 2.56. The molecule has 2 rings (SSSR count). The fourth-order valence-electron chi connectivity index (χ4n) is 1.65. The maximum atomic E-state index is 12.1. The molecule has 100 valence electrons. The summed E-state index contributed by atoms with van der Waals surface area (Å²) in [6, 6.07) is 4.85. The van der Waals surface area contributed by atoms with Gasteiger partial charge in [0.2, 0.25) is 0 Å². The molecule has 0 atom stereocenters. The topological polar surface area (TPSA) is 72.9 Å². The smallest absolute Gasteiger partial charge is 0.276 e. The molecule has 3 N–H and O–H groups in total. The summed E-state index contributed by atoms with van der Waals surface area (Å²) >= 11 is 11.7. The molecule has 19 heavy (non-hydrogen) atoms. The molecular formula is C12H12Cl2N4O. The standard InChI is InChI=1S/C12H12Cl2N4O/c1-2-18-11(10(15)6-16-18)12(19)17-7-3-4-8(13)9(14)5-7/h3-6H,2,15H2,1H3,(H,17,19). The second kappa shape index (κ2) is 5.50. The second-order valence-corrected chi connectivity index (χ2v) is 4.66. The Balaban J connectivity index is 2.25. The van der Waals surface area contributed by atoms with Crippen molar-refractivity contribution >= 4 is 40.5 Å². The van der Waals surface area contributed by atoms with Crippen molar-refractivity contribution in [2.24, 2.45) is 0 Å². The number of carbonyl (C=O) groups is 1. The molecule has 0 aliphatic carbocycles. The molecule has 7 heteroatoms. The highest BCUT2D eigenvalue weighted by atomic mass is 35.5. The summed E-state index contributed by atoms with van der Waals surface area (Å²) in [5.74, 6) is -0.338. The van der Waals surface area contributed by atoms with Crippen LogP contribution in [0, 0.1) is 0 Å². The summed E-state index contributed by atoms with van der Waals surface area (Å²) in [5.41, 5.74) is 6.94. The number of nitrogens with one attached hydrogen (secondary N) is 1. The van der Waals surface area contributed by atoms with E-state index < -0.39 is 0 Å². The lowest BCUT2D eigenvalue weighted by Crippen LogP contribution is -2.18. The number of aryl methyl sites for hydroxylation is 1. The largest absolute Gasteiger partial charge is 0.396 e. The predicted molar refractivity (Wildman–Crippen MR) is 76.7 cm³/mol. The number of rotatable bonds is 3. The third kappa shape index (κ3) is 2.83. The van der Waals surface area contributed by atoms with Crippen LogP contribution in [0.5, 0.6) is 0 Å². The van der Waals surface area contributed by atoms with Gasteiger partial charge in [-0.1, -0.05) is 23.2 Å². The molecule has 0 bridgehead atoms. The van der Waals surface area contributed by atoms with Gasteiger partial charge in [-0.05, 0) is 25.1 Å². The molecule has 0 aliphatic rings. The minimum absolute atomic E-state index is 0.327. The Morgan fingerprint density at radius 3 is 2.79 bits per heavy atom. The van der Waals surface area contributed by atoms with Crippen molar-refractivity contribution in [2.45, 2.75) is 13.5 Å². The van der Waals surface area contributed by atoms with Crippen LogP contribution in [0.25, 0.3) is 0 Å². The molecule has 0 unspecified atom stereocenters. The van der Waals surface area contributed by atoms with Gasteiger partial charge in [0, 0.05) is 12.2 Å². The van der Waals surface area contributed by atoms with E-state index in [2.05, 4.69) is 10.4 Å². The van der Waals surface area contributed by atoms with Gasteiger partial charge in [-0.2, -0.15) is 5.10 Å². The monoisotopic (exact) mass is 298 g/mol. The van der Waals surface area contributed by atoms with Crippen molar-refractivity contribution in [2.75, 3.05) is 11.1 Å². The molecule has 0 saturated heterocycles. The van der Waals surface area contributed by atoms with Crippen molar-refractivity contribution in [3.8, 4) is 0 Å². The lowest BCUT2D eigenvalue weighted by Gasteiger charge is -2.08. The van der Waals surface area contributed by atoms with Crippen LogP contribution >= 0.6 is 23.2 Å². The van der Waals surface area contributed by atoms with E-state index in [1.807, 2.05) is 6.92 Å². The number of nitrogen functional groups attached to an aromatic ring is 1. The molecule has 0 aliphatic heterocycles. The van der Waals surface area contributed by atoms with Crippen LogP contribution in [0.3, 0.4) is 0 Å². The van der Waals surface area contributed by atoms with Crippen LogP contribution in [0.15, 0.2) is 24.4 Å². The van der Waals surface area contributed by atoms with E-state index in [9.17, 15) is 4.79 Å². The average Bonchev–Trinajstić information content (AvgIpc) is 2.75. The van der Waals surface area contributed by atoms with E-state index in [0.717, 1.165) is 0 Å². The zero-order valence-electron chi connectivity index (χ0n) is 10.2. The highest BCUT2D eigenvalue weighted by molar-refractivity contribution is 6.42. The SMILES string of the molecule is CCn1ncc(N)c1C(=O)Nc1ccc(Cl)c(Cl)c1. The van der Waals surface area contributed by atoms with Gasteiger partial charge in [-0.3, -0.25) is 9.48 Å². The molecule has 1 heterocycles. The first-order chi connectivity index (χ1) is 9.02. The van der Waals surface area contributed by atoms with Gasteiger partial charge in [0.1, 0.15) is 5.69 Å². The fraction of sp³-hybridized carbons (Fsp3) is 0.167. The first kappa shape index (κ1) is 13.7. The number of nitrogens with two attached hydrogens (primary N) is 1.